The molecule has 3 rings (SSSR count). The molecular formula is C20H29N3O3. The molecule has 142 valence electrons. The molecule has 0 aliphatic carbocycles. The largest absolute Gasteiger partial charge is 0.450 e. The lowest BCUT2D eigenvalue weighted by atomic mass is 10.0. The minimum Gasteiger partial charge on any atom is -0.450 e. The lowest BCUT2D eigenvalue weighted by molar-refractivity contribution is -0.127. The number of carbonyl (C=O) groups excluding carboxylic acids is 2. The Labute approximate surface area is 155 Å². The summed E-state index contributed by atoms with van der Waals surface area (Å²) in [6.07, 6.45) is 3.08. The van der Waals surface area contributed by atoms with E-state index in [1.807, 2.05) is 30.0 Å². The summed E-state index contributed by atoms with van der Waals surface area (Å²) < 4.78 is 5.06. The topological polar surface area (TPSA) is 61.9 Å². The van der Waals surface area contributed by atoms with Crippen LogP contribution in [0.1, 0.15) is 31.7 Å². The van der Waals surface area contributed by atoms with E-state index in [1.54, 1.807) is 4.90 Å². The monoisotopic (exact) mass is 359 g/mol. The molecule has 2 saturated heterocycles. The number of rotatable bonds is 6. The first-order valence-corrected chi connectivity index (χ1v) is 9.65. The molecular weight excluding hydrogens is 330 g/mol. The fraction of sp³-hybridized carbons (Fsp3) is 0.600. The Kier molecular flexibility index (Phi) is 6.50. The smallest absolute Gasteiger partial charge is 0.409 e. The molecule has 0 aromatic heterocycles. The van der Waals surface area contributed by atoms with Crippen molar-refractivity contribution in [2.24, 2.45) is 0 Å². The standard InChI is InChI=1S/C20H29N3O3/c1-2-26-20(25)22-12-9-17(10-13-22)21-18-14-19(24)23(15-18)11-8-16-6-4-3-5-7-16/h3-7,17-18,21H,2,8-15H2,1H3/t18-/m1/s1. The quantitative estimate of drug-likeness (QED) is 0.844. The SMILES string of the molecule is CCOC(=O)N1CCC(N[C@@H]2CC(=O)N(CCc3ccccc3)C2)CC1. The van der Waals surface area contributed by atoms with Crippen LogP contribution in [-0.4, -0.2) is 66.7 Å². The Morgan fingerprint density at radius 2 is 1.92 bits per heavy atom. The number of benzene rings is 1. The van der Waals surface area contributed by atoms with E-state index in [0.29, 0.717) is 19.1 Å². The van der Waals surface area contributed by atoms with Crippen LogP contribution in [0.2, 0.25) is 0 Å². The van der Waals surface area contributed by atoms with Crippen LogP contribution in [0.5, 0.6) is 0 Å². The Morgan fingerprint density at radius 1 is 1.19 bits per heavy atom. The zero-order chi connectivity index (χ0) is 18.4. The molecule has 1 atom stereocenters. The zero-order valence-corrected chi connectivity index (χ0v) is 15.5. The second-order valence-corrected chi connectivity index (χ2v) is 7.10. The average Bonchev–Trinajstić information content (AvgIpc) is 3.01. The average molecular weight is 359 g/mol. The maximum atomic E-state index is 12.3. The molecule has 1 N–H and O–H groups in total. The van der Waals surface area contributed by atoms with Crippen molar-refractivity contribution in [1.82, 2.24) is 15.1 Å². The minimum absolute atomic E-state index is 0.214. The molecule has 26 heavy (non-hydrogen) atoms. The molecule has 1 aromatic rings. The van der Waals surface area contributed by atoms with E-state index < -0.39 is 0 Å². The van der Waals surface area contributed by atoms with Crippen molar-refractivity contribution < 1.29 is 14.3 Å². The summed E-state index contributed by atoms with van der Waals surface area (Å²) in [7, 11) is 0. The Balaban J connectivity index is 1.40. The summed E-state index contributed by atoms with van der Waals surface area (Å²) in [6, 6.07) is 10.9. The van der Waals surface area contributed by atoms with Gasteiger partial charge in [0.15, 0.2) is 0 Å². The van der Waals surface area contributed by atoms with Gasteiger partial charge in [-0.3, -0.25) is 4.79 Å². The zero-order valence-electron chi connectivity index (χ0n) is 15.5. The van der Waals surface area contributed by atoms with Crippen molar-refractivity contribution in [1.29, 1.82) is 0 Å². The van der Waals surface area contributed by atoms with Crippen molar-refractivity contribution in [3.63, 3.8) is 0 Å². The third kappa shape index (κ3) is 4.97. The third-order valence-corrected chi connectivity index (χ3v) is 5.22. The number of likely N-dealkylation sites (tertiary alicyclic amines) is 2. The molecule has 2 aliphatic heterocycles. The summed E-state index contributed by atoms with van der Waals surface area (Å²) in [6.45, 7) is 5.24. The van der Waals surface area contributed by atoms with Gasteiger partial charge in [-0.1, -0.05) is 30.3 Å². The van der Waals surface area contributed by atoms with Gasteiger partial charge in [0.2, 0.25) is 5.91 Å². The molecule has 6 nitrogen and oxygen atoms in total. The van der Waals surface area contributed by atoms with Gasteiger partial charge in [-0.2, -0.15) is 0 Å². The van der Waals surface area contributed by atoms with Gasteiger partial charge in [0, 0.05) is 44.7 Å². The van der Waals surface area contributed by atoms with E-state index >= 15 is 0 Å². The number of nitrogens with one attached hydrogen (secondary N) is 1. The van der Waals surface area contributed by atoms with Crippen LogP contribution in [0.4, 0.5) is 4.79 Å². The highest BCUT2D eigenvalue weighted by molar-refractivity contribution is 5.79. The van der Waals surface area contributed by atoms with Crippen LogP contribution in [0, 0.1) is 0 Å². The van der Waals surface area contributed by atoms with Crippen molar-refractivity contribution in [3.05, 3.63) is 35.9 Å². The molecule has 0 spiro atoms. The molecule has 6 heteroatoms. The van der Waals surface area contributed by atoms with Crippen molar-refractivity contribution in [3.8, 4) is 0 Å². The highest BCUT2D eigenvalue weighted by atomic mass is 16.6. The number of piperidine rings is 1. The van der Waals surface area contributed by atoms with Crippen LogP contribution in [0.3, 0.4) is 0 Å². The van der Waals surface area contributed by atoms with Crippen LogP contribution in [-0.2, 0) is 16.0 Å². The number of amides is 2. The summed E-state index contributed by atoms with van der Waals surface area (Å²) >= 11 is 0. The molecule has 2 amide bonds. The van der Waals surface area contributed by atoms with Gasteiger partial charge in [-0.25, -0.2) is 4.79 Å². The predicted molar refractivity (Wildman–Crippen MR) is 99.9 cm³/mol. The maximum absolute atomic E-state index is 12.3. The number of hydrogen-bond acceptors (Lipinski definition) is 4. The Hall–Kier alpha value is -2.08. The summed E-state index contributed by atoms with van der Waals surface area (Å²) in [5.41, 5.74) is 1.27. The van der Waals surface area contributed by atoms with Gasteiger partial charge in [-0.05, 0) is 31.7 Å². The van der Waals surface area contributed by atoms with Gasteiger partial charge in [0.05, 0.1) is 6.61 Å². The van der Waals surface area contributed by atoms with E-state index in [0.717, 1.165) is 45.4 Å². The number of hydrogen-bond donors (Lipinski definition) is 1. The third-order valence-electron chi connectivity index (χ3n) is 5.22. The first-order chi connectivity index (χ1) is 12.7. The van der Waals surface area contributed by atoms with Crippen molar-refractivity contribution >= 4 is 12.0 Å². The molecule has 2 aliphatic rings. The van der Waals surface area contributed by atoms with Crippen molar-refractivity contribution in [2.75, 3.05) is 32.8 Å². The molecule has 2 heterocycles. The van der Waals surface area contributed by atoms with Gasteiger partial charge in [0.1, 0.15) is 0 Å². The van der Waals surface area contributed by atoms with E-state index in [1.165, 1.54) is 5.56 Å². The Bertz CT molecular complexity index is 600. The van der Waals surface area contributed by atoms with Gasteiger partial charge < -0.3 is 19.9 Å². The second-order valence-electron chi connectivity index (χ2n) is 7.10. The second kappa shape index (κ2) is 9.03. The van der Waals surface area contributed by atoms with E-state index in [-0.39, 0.29) is 18.0 Å². The number of nitrogens with zero attached hydrogens (tertiary/aromatic N) is 2. The lowest BCUT2D eigenvalue weighted by Gasteiger charge is -2.33. The molecule has 1 aromatic carbocycles. The normalized spacial score (nSPS) is 21.3. The van der Waals surface area contributed by atoms with Crippen LogP contribution in [0.15, 0.2) is 30.3 Å². The van der Waals surface area contributed by atoms with Gasteiger partial charge in [-0.15, -0.1) is 0 Å². The van der Waals surface area contributed by atoms with E-state index in [4.69, 9.17) is 4.74 Å². The molecule has 0 bridgehead atoms. The van der Waals surface area contributed by atoms with Crippen LogP contribution >= 0.6 is 0 Å². The first-order valence-electron chi connectivity index (χ1n) is 9.65. The van der Waals surface area contributed by atoms with Crippen molar-refractivity contribution in [2.45, 2.75) is 44.7 Å². The molecule has 0 unspecified atom stereocenters. The van der Waals surface area contributed by atoms with Crippen LogP contribution in [0.25, 0.3) is 0 Å². The summed E-state index contributed by atoms with van der Waals surface area (Å²) in [4.78, 5) is 27.8. The fourth-order valence-electron chi connectivity index (χ4n) is 3.79. The fourth-order valence-corrected chi connectivity index (χ4v) is 3.79. The number of carbonyl (C=O) groups is 2. The predicted octanol–water partition coefficient (Wildman–Crippen LogP) is 2.04. The Morgan fingerprint density at radius 3 is 2.62 bits per heavy atom. The first kappa shape index (κ1) is 18.7. The van der Waals surface area contributed by atoms with Gasteiger partial charge >= 0.3 is 6.09 Å². The van der Waals surface area contributed by atoms with Gasteiger partial charge in [0.25, 0.3) is 0 Å². The summed E-state index contributed by atoms with van der Waals surface area (Å²) in [5, 5.41) is 3.63. The lowest BCUT2D eigenvalue weighted by Crippen LogP contribution is -2.48. The van der Waals surface area contributed by atoms with E-state index in [2.05, 4.69) is 17.4 Å². The minimum atomic E-state index is -0.214. The number of ether oxygens (including phenoxy) is 1. The maximum Gasteiger partial charge on any atom is 0.409 e. The molecule has 2 fully saturated rings. The molecule has 0 radical (unpaired) electrons. The highest BCUT2D eigenvalue weighted by Gasteiger charge is 2.32. The highest BCUT2D eigenvalue weighted by Crippen LogP contribution is 2.17. The van der Waals surface area contributed by atoms with E-state index in [9.17, 15) is 9.59 Å². The summed E-state index contributed by atoms with van der Waals surface area (Å²) in [5.74, 6) is 0.238. The van der Waals surface area contributed by atoms with Crippen LogP contribution < -0.4 is 5.32 Å². The molecule has 0 saturated carbocycles.